The maximum Gasteiger partial charge on any atom is 0.326 e. The van der Waals surface area contributed by atoms with Gasteiger partial charge in [-0.3, -0.25) is 9.52 Å². The number of aromatic nitrogens is 1. The van der Waals surface area contributed by atoms with Crippen LogP contribution in [0.5, 0.6) is 0 Å². The van der Waals surface area contributed by atoms with Gasteiger partial charge < -0.3 is 9.67 Å². The zero-order chi connectivity index (χ0) is 26.0. The van der Waals surface area contributed by atoms with Crippen LogP contribution in [0.15, 0.2) is 76.6 Å². The van der Waals surface area contributed by atoms with Crippen LogP contribution in [0, 0.1) is 12.7 Å². The molecule has 0 radical (unpaired) electrons. The first-order valence-corrected chi connectivity index (χ1v) is 13.2. The summed E-state index contributed by atoms with van der Waals surface area (Å²) in [5, 5.41) is 9.85. The van der Waals surface area contributed by atoms with E-state index in [2.05, 4.69) is 9.71 Å². The zero-order valence-corrected chi connectivity index (χ0v) is 20.9. The third kappa shape index (κ3) is 5.21. The van der Waals surface area contributed by atoms with E-state index in [1.54, 1.807) is 37.3 Å². The van der Waals surface area contributed by atoms with E-state index >= 15 is 0 Å². The molecular formula is C25H22FN3O5S2. The summed E-state index contributed by atoms with van der Waals surface area (Å²) in [6.45, 7) is 3.59. The van der Waals surface area contributed by atoms with E-state index in [1.807, 2.05) is 6.92 Å². The highest BCUT2D eigenvalue weighted by Crippen LogP contribution is 2.27. The molecule has 0 saturated heterocycles. The number of aryl methyl sites for hydroxylation is 1. The van der Waals surface area contributed by atoms with Crippen molar-refractivity contribution in [2.75, 3.05) is 4.72 Å². The average molecular weight is 528 g/mol. The lowest BCUT2D eigenvalue weighted by Gasteiger charge is -2.14. The lowest BCUT2D eigenvalue weighted by molar-refractivity contribution is -0.140. The van der Waals surface area contributed by atoms with Crippen molar-refractivity contribution < 1.29 is 27.5 Å². The molecule has 0 aliphatic carbocycles. The number of aliphatic carboxylic acids is 1. The van der Waals surface area contributed by atoms with E-state index < -0.39 is 33.8 Å². The number of carbonyl (C=O) groups excluding carboxylic acids is 1. The molecule has 0 aliphatic heterocycles. The van der Waals surface area contributed by atoms with Gasteiger partial charge in [-0.2, -0.15) is 4.99 Å². The first kappa shape index (κ1) is 25.3. The molecule has 1 amide bonds. The van der Waals surface area contributed by atoms with E-state index in [0.29, 0.717) is 15.8 Å². The first-order chi connectivity index (χ1) is 17.1. The molecule has 2 N–H and O–H groups in total. The second-order valence-electron chi connectivity index (χ2n) is 8.04. The largest absolute Gasteiger partial charge is 0.480 e. The van der Waals surface area contributed by atoms with Crippen molar-refractivity contribution in [3.05, 3.63) is 88.5 Å². The number of carbonyl (C=O) groups is 2. The number of carboxylic acid groups (broad SMARTS) is 1. The highest BCUT2D eigenvalue weighted by atomic mass is 32.2. The topological polar surface area (TPSA) is 118 Å². The molecule has 1 unspecified atom stereocenters. The number of amides is 1. The van der Waals surface area contributed by atoms with Gasteiger partial charge in [-0.1, -0.05) is 36.0 Å². The SMILES string of the molecule is CCC(C(=O)O)n1/c(=N/C(=O)c2ccc(C)cc2)sc2ccc(NS(=O)(=O)c3ccc(F)cc3)cc21. The molecular weight excluding hydrogens is 505 g/mol. The fraction of sp³-hybridized carbons (Fsp3) is 0.160. The van der Waals surface area contributed by atoms with E-state index in [9.17, 15) is 27.5 Å². The minimum absolute atomic E-state index is 0.126. The Morgan fingerprint density at radius 3 is 2.36 bits per heavy atom. The summed E-state index contributed by atoms with van der Waals surface area (Å²) < 4.78 is 43.2. The Balaban J connectivity index is 1.83. The number of carboxylic acids is 1. The molecule has 1 aromatic heterocycles. The molecule has 36 heavy (non-hydrogen) atoms. The number of sulfonamides is 1. The number of thiazole rings is 1. The van der Waals surface area contributed by atoms with Gasteiger partial charge in [0.05, 0.1) is 20.8 Å². The Bertz CT molecular complexity index is 1620. The third-order valence-electron chi connectivity index (χ3n) is 5.48. The normalized spacial score (nSPS) is 13.0. The summed E-state index contributed by atoms with van der Waals surface area (Å²) >= 11 is 1.13. The van der Waals surface area contributed by atoms with Crippen LogP contribution >= 0.6 is 11.3 Å². The van der Waals surface area contributed by atoms with Crippen LogP contribution in [0.3, 0.4) is 0 Å². The number of benzene rings is 3. The van der Waals surface area contributed by atoms with Crippen LogP contribution in [-0.2, 0) is 14.8 Å². The molecule has 186 valence electrons. The summed E-state index contributed by atoms with van der Waals surface area (Å²) in [5.41, 5.74) is 1.93. The molecule has 0 saturated carbocycles. The van der Waals surface area contributed by atoms with Gasteiger partial charge in [-0.05, 0) is 67.9 Å². The molecule has 0 aliphatic rings. The van der Waals surface area contributed by atoms with Gasteiger partial charge in [0.15, 0.2) is 4.80 Å². The number of nitrogens with zero attached hydrogens (tertiary/aromatic N) is 2. The summed E-state index contributed by atoms with van der Waals surface area (Å²) in [5.74, 6) is -2.20. The average Bonchev–Trinajstić information content (AvgIpc) is 3.16. The molecule has 11 heteroatoms. The van der Waals surface area contributed by atoms with Crippen molar-refractivity contribution in [2.24, 2.45) is 4.99 Å². The molecule has 4 aromatic rings. The van der Waals surface area contributed by atoms with Crippen molar-refractivity contribution >= 4 is 49.1 Å². The maximum absolute atomic E-state index is 13.2. The first-order valence-electron chi connectivity index (χ1n) is 10.9. The van der Waals surface area contributed by atoms with Crippen LogP contribution in [0.1, 0.15) is 35.3 Å². The third-order valence-corrected chi connectivity index (χ3v) is 7.91. The highest BCUT2D eigenvalue weighted by Gasteiger charge is 2.23. The number of nitrogens with one attached hydrogen (secondary N) is 1. The minimum atomic E-state index is -4.02. The number of fused-ring (bicyclic) bond motifs is 1. The summed E-state index contributed by atoms with van der Waals surface area (Å²) in [7, 11) is -4.02. The molecule has 4 rings (SSSR count). The number of hydrogen-bond donors (Lipinski definition) is 2. The van der Waals surface area contributed by atoms with Crippen molar-refractivity contribution in [1.29, 1.82) is 0 Å². The molecule has 0 spiro atoms. The van der Waals surface area contributed by atoms with Crippen molar-refractivity contribution in [1.82, 2.24) is 4.57 Å². The molecule has 8 nitrogen and oxygen atoms in total. The van der Waals surface area contributed by atoms with Crippen molar-refractivity contribution in [3.8, 4) is 0 Å². The van der Waals surface area contributed by atoms with Gasteiger partial charge in [0.1, 0.15) is 11.9 Å². The maximum atomic E-state index is 13.2. The van der Waals surface area contributed by atoms with Crippen LogP contribution < -0.4 is 9.52 Å². The number of halogens is 1. The summed E-state index contributed by atoms with van der Waals surface area (Å²) in [6, 6.07) is 14.9. The van der Waals surface area contributed by atoms with Crippen LogP contribution in [0.25, 0.3) is 10.2 Å². The highest BCUT2D eigenvalue weighted by molar-refractivity contribution is 7.92. The fourth-order valence-electron chi connectivity index (χ4n) is 3.63. The predicted molar refractivity (Wildman–Crippen MR) is 135 cm³/mol. The number of hydrogen-bond acceptors (Lipinski definition) is 5. The minimum Gasteiger partial charge on any atom is -0.480 e. The van der Waals surface area contributed by atoms with Crippen molar-refractivity contribution in [2.45, 2.75) is 31.2 Å². The Morgan fingerprint density at radius 1 is 1.08 bits per heavy atom. The Morgan fingerprint density at radius 2 is 1.75 bits per heavy atom. The van der Waals surface area contributed by atoms with Crippen LogP contribution in [0.2, 0.25) is 0 Å². The standard InChI is InChI=1S/C25H22FN3O5S2/c1-3-20(24(31)32)29-21-14-18(28-36(33,34)19-11-8-17(26)9-12-19)10-13-22(21)35-25(29)27-23(30)16-6-4-15(2)5-7-16/h4-14,20,28H,3H2,1-2H3,(H,31,32)/b27-25-. The molecule has 3 aromatic carbocycles. The summed E-state index contributed by atoms with van der Waals surface area (Å²) in [4.78, 5) is 29.2. The second-order valence-corrected chi connectivity index (χ2v) is 10.7. The van der Waals surface area contributed by atoms with Gasteiger partial charge >= 0.3 is 5.97 Å². The van der Waals surface area contributed by atoms with E-state index in [0.717, 1.165) is 41.2 Å². The quantitative estimate of drug-likeness (QED) is 0.360. The monoisotopic (exact) mass is 527 g/mol. The fourth-order valence-corrected chi connectivity index (χ4v) is 5.72. The molecule has 1 heterocycles. The Labute approximate surface area is 210 Å². The summed E-state index contributed by atoms with van der Waals surface area (Å²) in [6.07, 6.45) is 0.207. The second kappa shape index (κ2) is 10.0. The molecule has 0 fully saturated rings. The van der Waals surface area contributed by atoms with Gasteiger partial charge in [-0.15, -0.1) is 0 Å². The van der Waals surface area contributed by atoms with E-state index in [4.69, 9.17) is 0 Å². The Kier molecular flexibility index (Phi) is 7.04. The van der Waals surface area contributed by atoms with Gasteiger partial charge in [-0.25, -0.2) is 17.6 Å². The van der Waals surface area contributed by atoms with Crippen LogP contribution in [-0.4, -0.2) is 30.0 Å². The lowest BCUT2D eigenvalue weighted by Crippen LogP contribution is -2.27. The predicted octanol–water partition coefficient (Wildman–Crippen LogP) is 4.73. The van der Waals surface area contributed by atoms with Crippen LogP contribution in [0.4, 0.5) is 10.1 Å². The molecule has 0 bridgehead atoms. The van der Waals surface area contributed by atoms with E-state index in [1.165, 1.54) is 16.7 Å². The Hall–Kier alpha value is -3.83. The van der Waals surface area contributed by atoms with E-state index in [-0.39, 0.29) is 21.8 Å². The van der Waals surface area contributed by atoms with Gasteiger partial charge in [0.2, 0.25) is 0 Å². The zero-order valence-electron chi connectivity index (χ0n) is 19.3. The molecule has 1 atom stereocenters. The number of rotatable bonds is 7. The van der Waals surface area contributed by atoms with Gasteiger partial charge in [0.25, 0.3) is 15.9 Å². The number of anilines is 1. The van der Waals surface area contributed by atoms with Crippen molar-refractivity contribution in [3.63, 3.8) is 0 Å². The smallest absolute Gasteiger partial charge is 0.326 e. The van der Waals surface area contributed by atoms with Gasteiger partial charge in [0, 0.05) is 5.56 Å². The lowest BCUT2D eigenvalue weighted by atomic mass is 10.1.